The Morgan fingerprint density at radius 3 is 2.62 bits per heavy atom. The van der Waals surface area contributed by atoms with Gasteiger partial charge in [0.25, 0.3) is 0 Å². The Labute approximate surface area is 233 Å². The van der Waals surface area contributed by atoms with E-state index in [9.17, 15) is 18.0 Å². The van der Waals surface area contributed by atoms with Gasteiger partial charge < -0.3 is 15.0 Å². The van der Waals surface area contributed by atoms with Gasteiger partial charge in [0.15, 0.2) is 11.6 Å². The average Bonchev–Trinajstić information content (AvgIpc) is 3.55. The molecular weight excluding hydrogens is 519 g/mol. The molecule has 0 bridgehead atoms. The van der Waals surface area contributed by atoms with Gasteiger partial charge in [0.1, 0.15) is 24.1 Å². The maximum atomic E-state index is 14.8. The summed E-state index contributed by atoms with van der Waals surface area (Å²) in [6, 6.07) is 8.64. The lowest BCUT2D eigenvalue weighted by Crippen LogP contribution is -2.46. The normalized spacial score (nSPS) is 16.3. The van der Waals surface area contributed by atoms with Crippen LogP contribution in [0.4, 0.5) is 13.2 Å². The van der Waals surface area contributed by atoms with Crippen LogP contribution in [-0.4, -0.2) is 58.4 Å². The molecule has 3 aromatic rings. The molecule has 10 heteroatoms. The molecule has 40 heavy (non-hydrogen) atoms. The molecular formula is C30H38F3N5O2. The summed E-state index contributed by atoms with van der Waals surface area (Å²) in [7, 11) is 0. The van der Waals surface area contributed by atoms with Crippen LogP contribution in [0.5, 0.6) is 0 Å². The number of carbonyl (C=O) groups is 1. The van der Waals surface area contributed by atoms with Crippen LogP contribution >= 0.6 is 0 Å². The van der Waals surface area contributed by atoms with Gasteiger partial charge in [-0.05, 0) is 73.2 Å². The van der Waals surface area contributed by atoms with Crippen molar-refractivity contribution in [2.75, 3.05) is 32.8 Å². The Balaban J connectivity index is 1.84. The van der Waals surface area contributed by atoms with E-state index in [-0.39, 0.29) is 36.4 Å². The van der Waals surface area contributed by atoms with Crippen LogP contribution in [0.15, 0.2) is 42.5 Å². The topological polar surface area (TPSA) is 72.3 Å². The first-order valence-electron chi connectivity index (χ1n) is 13.8. The number of halogens is 3. The number of nitrogens with zero attached hydrogens (tertiary/aromatic N) is 4. The molecule has 2 unspecified atom stereocenters. The number of aromatic nitrogens is 3. The van der Waals surface area contributed by atoms with Crippen LogP contribution in [0.1, 0.15) is 58.0 Å². The van der Waals surface area contributed by atoms with Gasteiger partial charge in [0, 0.05) is 13.2 Å². The molecule has 1 amide bonds. The van der Waals surface area contributed by atoms with Crippen LogP contribution < -0.4 is 5.32 Å². The van der Waals surface area contributed by atoms with Crippen LogP contribution in [-0.2, 0) is 16.1 Å². The number of nitrogens with one attached hydrogen (secondary N) is 1. The fourth-order valence-corrected chi connectivity index (χ4v) is 5.14. The van der Waals surface area contributed by atoms with E-state index in [0.29, 0.717) is 24.5 Å². The van der Waals surface area contributed by atoms with Crippen molar-refractivity contribution in [3.8, 4) is 11.4 Å². The molecule has 0 saturated carbocycles. The largest absolute Gasteiger partial charge is 0.372 e. The first-order chi connectivity index (χ1) is 19.1. The number of hydrogen-bond acceptors (Lipinski definition) is 5. The first kappa shape index (κ1) is 29.7. The van der Waals surface area contributed by atoms with Crippen molar-refractivity contribution in [1.29, 1.82) is 0 Å². The molecule has 2 heterocycles. The SMILES string of the molecule is CCCOCC(=O)N(CC1CCNC1)C(c1nc(-c2cc(F)ccc2F)nn1Cc1cccc(F)c1)C(C)(C)C. The second-order valence-corrected chi connectivity index (χ2v) is 11.4. The molecule has 1 fully saturated rings. The molecule has 4 rings (SSSR count). The van der Waals surface area contributed by atoms with Crippen LogP contribution in [0.25, 0.3) is 11.4 Å². The van der Waals surface area contributed by atoms with Gasteiger partial charge in [-0.15, -0.1) is 0 Å². The summed E-state index contributed by atoms with van der Waals surface area (Å²) in [5.41, 5.74) is 0.00183. The highest BCUT2D eigenvalue weighted by atomic mass is 19.1. The van der Waals surface area contributed by atoms with Crippen molar-refractivity contribution < 1.29 is 22.7 Å². The third-order valence-electron chi connectivity index (χ3n) is 6.98. The van der Waals surface area contributed by atoms with Gasteiger partial charge >= 0.3 is 0 Å². The van der Waals surface area contributed by atoms with Gasteiger partial charge in [0.2, 0.25) is 5.91 Å². The Morgan fingerprint density at radius 1 is 1.18 bits per heavy atom. The Hall–Kier alpha value is -3.24. The number of hydrogen-bond donors (Lipinski definition) is 1. The Kier molecular flexibility index (Phi) is 9.63. The zero-order valence-electron chi connectivity index (χ0n) is 23.6. The van der Waals surface area contributed by atoms with Crippen LogP contribution in [0.2, 0.25) is 0 Å². The summed E-state index contributed by atoms with van der Waals surface area (Å²) < 4.78 is 50.3. The van der Waals surface area contributed by atoms with Crippen molar-refractivity contribution in [2.45, 2.75) is 53.1 Å². The molecule has 0 radical (unpaired) electrons. The second-order valence-electron chi connectivity index (χ2n) is 11.4. The van der Waals surface area contributed by atoms with E-state index < -0.39 is 28.9 Å². The molecule has 2 aromatic carbocycles. The monoisotopic (exact) mass is 557 g/mol. The molecule has 1 aromatic heterocycles. The highest BCUT2D eigenvalue weighted by molar-refractivity contribution is 5.78. The van der Waals surface area contributed by atoms with E-state index in [4.69, 9.17) is 9.72 Å². The summed E-state index contributed by atoms with van der Waals surface area (Å²) in [5, 5.41) is 7.94. The number of carbonyl (C=O) groups excluding carboxylic acids is 1. The highest BCUT2D eigenvalue weighted by Gasteiger charge is 2.40. The van der Waals surface area contributed by atoms with Crippen LogP contribution in [0.3, 0.4) is 0 Å². The molecule has 1 N–H and O–H groups in total. The molecule has 1 aliphatic heterocycles. The lowest BCUT2D eigenvalue weighted by Gasteiger charge is -2.40. The quantitative estimate of drug-likeness (QED) is 0.321. The molecule has 0 spiro atoms. The van der Waals surface area contributed by atoms with Crippen molar-refractivity contribution in [3.63, 3.8) is 0 Å². The fraction of sp³-hybridized carbons (Fsp3) is 0.500. The van der Waals surface area contributed by atoms with Crippen LogP contribution in [0, 0.1) is 28.8 Å². The molecule has 1 saturated heterocycles. The van der Waals surface area contributed by atoms with Gasteiger partial charge in [-0.25, -0.2) is 22.8 Å². The van der Waals surface area contributed by atoms with Crippen molar-refractivity contribution in [3.05, 3.63) is 71.3 Å². The molecule has 7 nitrogen and oxygen atoms in total. The molecule has 0 aliphatic carbocycles. The average molecular weight is 558 g/mol. The summed E-state index contributed by atoms with van der Waals surface area (Å²) >= 11 is 0. The lowest BCUT2D eigenvalue weighted by molar-refractivity contribution is -0.142. The lowest BCUT2D eigenvalue weighted by atomic mass is 9.84. The molecule has 216 valence electrons. The minimum Gasteiger partial charge on any atom is -0.372 e. The van der Waals surface area contributed by atoms with E-state index in [1.807, 2.05) is 27.7 Å². The van der Waals surface area contributed by atoms with Gasteiger partial charge in [-0.1, -0.05) is 39.8 Å². The highest BCUT2D eigenvalue weighted by Crippen LogP contribution is 2.39. The fourth-order valence-electron chi connectivity index (χ4n) is 5.14. The Bertz CT molecular complexity index is 1300. The van der Waals surface area contributed by atoms with Gasteiger partial charge in [-0.2, -0.15) is 5.10 Å². The van der Waals surface area contributed by atoms with E-state index in [0.717, 1.165) is 44.1 Å². The van der Waals surface area contributed by atoms with Gasteiger partial charge in [-0.3, -0.25) is 4.79 Å². The van der Waals surface area contributed by atoms with E-state index >= 15 is 0 Å². The number of ether oxygens (including phenoxy) is 1. The first-order valence-corrected chi connectivity index (χ1v) is 13.8. The minimum absolute atomic E-state index is 0.00480. The third-order valence-corrected chi connectivity index (χ3v) is 6.98. The van der Waals surface area contributed by atoms with E-state index in [1.54, 1.807) is 21.7 Å². The third kappa shape index (κ3) is 7.28. The van der Waals surface area contributed by atoms with E-state index in [2.05, 4.69) is 10.4 Å². The zero-order chi connectivity index (χ0) is 28.9. The Morgan fingerprint density at radius 2 is 1.95 bits per heavy atom. The number of benzene rings is 2. The standard InChI is InChI=1S/C30H38F3N5O2/c1-5-13-40-19-26(39)37(17-21-11-12-34-16-21)27(30(2,3)4)29-35-28(24-15-23(32)9-10-25(24)33)36-38(29)18-20-7-6-8-22(31)14-20/h6-10,14-15,21,27,34H,5,11-13,16-19H2,1-4H3. The van der Waals surface area contributed by atoms with Crippen molar-refractivity contribution >= 4 is 5.91 Å². The maximum absolute atomic E-state index is 14.8. The number of amides is 1. The van der Waals surface area contributed by atoms with Gasteiger partial charge in [0.05, 0.1) is 18.2 Å². The molecule has 2 atom stereocenters. The summed E-state index contributed by atoms with van der Waals surface area (Å²) in [6.45, 7) is 10.6. The predicted octanol–water partition coefficient (Wildman–Crippen LogP) is 5.36. The zero-order valence-corrected chi connectivity index (χ0v) is 23.6. The predicted molar refractivity (Wildman–Crippen MR) is 147 cm³/mol. The van der Waals surface area contributed by atoms with E-state index in [1.165, 1.54) is 12.1 Å². The number of rotatable bonds is 11. The summed E-state index contributed by atoms with van der Waals surface area (Å²) in [4.78, 5) is 20.3. The smallest absolute Gasteiger partial charge is 0.249 e. The molecule has 1 aliphatic rings. The summed E-state index contributed by atoms with van der Waals surface area (Å²) in [5.74, 6) is -1.23. The minimum atomic E-state index is -0.666. The maximum Gasteiger partial charge on any atom is 0.249 e. The van der Waals surface area contributed by atoms with Crippen molar-refractivity contribution in [1.82, 2.24) is 25.0 Å². The second kappa shape index (κ2) is 13.0. The van der Waals surface area contributed by atoms with Crippen molar-refractivity contribution in [2.24, 2.45) is 11.3 Å². The summed E-state index contributed by atoms with van der Waals surface area (Å²) in [6.07, 6.45) is 1.71.